The van der Waals surface area contributed by atoms with E-state index in [1.54, 1.807) is 0 Å². The number of phenolic OH excluding ortho intramolecular Hbond substituents is 1. The van der Waals surface area contributed by atoms with Gasteiger partial charge in [-0.25, -0.2) is 0 Å². The number of phenols is 1. The quantitative estimate of drug-likeness (QED) is 0.328. The molecular formula is C21H24O9. The number of ketones is 2. The molecule has 1 aliphatic carbocycles. The molecule has 3 unspecified atom stereocenters. The Labute approximate surface area is 172 Å². The van der Waals surface area contributed by atoms with Gasteiger partial charge in [-0.2, -0.15) is 0 Å². The molecule has 162 valence electrons. The van der Waals surface area contributed by atoms with Gasteiger partial charge in [0.1, 0.15) is 36.3 Å². The molecule has 1 fully saturated rings. The Morgan fingerprint density at radius 2 is 1.87 bits per heavy atom. The third-order valence-corrected chi connectivity index (χ3v) is 5.34. The summed E-state index contributed by atoms with van der Waals surface area (Å²) in [6, 6.07) is 4.10. The van der Waals surface area contributed by atoms with Crippen molar-refractivity contribution in [3.63, 3.8) is 0 Å². The predicted octanol–water partition coefficient (Wildman–Crippen LogP) is -1.00. The minimum atomic E-state index is -1.60. The third kappa shape index (κ3) is 4.51. The zero-order valence-electron chi connectivity index (χ0n) is 15.9. The summed E-state index contributed by atoms with van der Waals surface area (Å²) in [6.45, 7) is -0.603. The molecule has 1 aliphatic heterocycles. The number of benzene rings is 1. The first-order chi connectivity index (χ1) is 14.2. The van der Waals surface area contributed by atoms with Gasteiger partial charge < -0.3 is 35.4 Å². The minimum absolute atomic E-state index is 0.143. The van der Waals surface area contributed by atoms with E-state index in [1.807, 2.05) is 0 Å². The van der Waals surface area contributed by atoms with E-state index in [4.69, 9.17) is 4.74 Å². The largest absolute Gasteiger partial charge is 0.508 e. The second-order valence-electron chi connectivity index (χ2n) is 7.42. The van der Waals surface area contributed by atoms with Crippen LogP contribution in [0.3, 0.4) is 0 Å². The van der Waals surface area contributed by atoms with Crippen molar-refractivity contribution in [1.29, 1.82) is 0 Å². The zero-order valence-corrected chi connectivity index (χ0v) is 15.9. The van der Waals surface area contributed by atoms with E-state index in [1.165, 1.54) is 42.5 Å². The van der Waals surface area contributed by atoms with E-state index in [0.717, 1.165) is 0 Å². The van der Waals surface area contributed by atoms with Crippen molar-refractivity contribution in [3.8, 4) is 5.75 Å². The summed E-state index contributed by atoms with van der Waals surface area (Å²) >= 11 is 0. The fraction of sp³-hybridized carbons (Fsp3) is 0.429. The van der Waals surface area contributed by atoms with Crippen LogP contribution in [-0.4, -0.2) is 79.3 Å². The van der Waals surface area contributed by atoms with Crippen LogP contribution in [0.5, 0.6) is 5.75 Å². The molecule has 9 nitrogen and oxygen atoms in total. The Balaban J connectivity index is 1.88. The van der Waals surface area contributed by atoms with Crippen LogP contribution in [0.1, 0.15) is 23.7 Å². The summed E-state index contributed by atoms with van der Waals surface area (Å²) in [7, 11) is 0. The third-order valence-electron chi connectivity index (χ3n) is 5.34. The van der Waals surface area contributed by atoms with Crippen LogP contribution in [0.15, 0.2) is 36.4 Å². The normalized spacial score (nSPS) is 34.4. The highest BCUT2D eigenvalue weighted by Crippen LogP contribution is 2.36. The Kier molecular flexibility index (Phi) is 6.81. The van der Waals surface area contributed by atoms with E-state index in [-0.39, 0.29) is 23.5 Å². The highest BCUT2D eigenvalue weighted by molar-refractivity contribution is 6.00. The second-order valence-corrected chi connectivity index (χ2v) is 7.42. The minimum Gasteiger partial charge on any atom is -0.508 e. The first-order valence-electron chi connectivity index (χ1n) is 9.47. The monoisotopic (exact) mass is 420 g/mol. The van der Waals surface area contributed by atoms with E-state index in [9.17, 15) is 40.2 Å². The highest BCUT2D eigenvalue weighted by Gasteiger charge is 2.44. The lowest BCUT2D eigenvalue weighted by molar-refractivity contribution is -0.231. The molecule has 9 heteroatoms. The number of aromatic hydroxyl groups is 1. The van der Waals surface area contributed by atoms with E-state index in [0.29, 0.717) is 5.56 Å². The molecule has 6 N–H and O–H groups in total. The van der Waals surface area contributed by atoms with Crippen LogP contribution in [0.25, 0.3) is 6.08 Å². The van der Waals surface area contributed by atoms with Crippen molar-refractivity contribution in [2.75, 3.05) is 6.61 Å². The SMILES string of the molecule is O=C1C=CC(C(=O)C=Cc2ccc(O)cc2C2O[C@H](CO)[C@H](O)[C@H](O)[C@H]2O)C(O)C1. The van der Waals surface area contributed by atoms with Gasteiger partial charge in [-0.3, -0.25) is 9.59 Å². The fourth-order valence-electron chi connectivity index (χ4n) is 3.63. The predicted molar refractivity (Wildman–Crippen MR) is 103 cm³/mol. The molecule has 1 saturated heterocycles. The Morgan fingerprint density at radius 1 is 1.13 bits per heavy atom. The molecular weight excluding hydrogens is 396 g/mol. The van der Waals surface area contributed by atoms with Crippen molar-refractivity contribution in [2.24, 2.45) is 5.92 Å². The molecule has 0 amide bonds. The molecule has 1 heterocycles. The lowest BCUT2D eigenvalue weighted by atomic mass is 9.87. The first-order valence-corrected chi connectivity index (χ1v) is 9.47. The van der Waals surface area contributed by atoms with Gasteiger partial charge in [-0.05, 0) is 35.4 Å². The van der Waals surface area contributed by atoms with Gasteiger partial charge in [0.25, 0.3) is 0 Å². The number of rotatable bonds is 5. The zero-order chi connectivity index (χ0) is 22.0. The number of hydrogen-bond acceptors (Lipinski definition) is 9. The number of aliphatic hydroxyl groups is 5. The van der Waals surface area contributed by atoms with Crippen LogP contribution in [0.2, 0.25) is 0 Å². The van der Waals surface area contributed by atoms with Crippen LogP contribution in [-0.2, 0) is 14.3 Å². The molecule has 0 radical (unpaired) electrons. The van der Waals surface area contributed by atoms with E-state index in [2.05, 4.69) is 0 Å². The molecule has 1 aromatic carbocycles. The number of carbonyl (C=O) groups is 2. The molecule has 0 spiro atoms. The highest BCUT2D eigenvalue weighted by atomic mass is 16.5. The van der Waals surface area contributed by atoms with Crippen LogP contribution in [0, 0.1) is 5.92 Å². The lowest BCUT2D eigenvalue weighted by Crippen LogP contribution is -2.55. The van der Waals surface area contributed by atoms with Gasteiger partial charge in [0.2, 0.25) is 0 Å². The molecule has 7 atom stereocenters. The Morgan fingerprint density at radius 3 is 2.53 bits per heavy atom. The standard InChI is InChI=1S/C21H24O9/c22-9-17-18(27)19(28)20(29)21(30-17)14-7-11(23)3-1-10(14)2-6-15(25)13-5-4-12(24)8-16(13)26/h1-7,13,16-23,26-29H,8-9H2/t13?,16?,17-,18+,19+,20-,21?/m1/s1. The topological polar surface area (TPSA) is 165 Å². The Bertz CT molecular complexity index is 860. The fourth-order valence-corrected chi connectivity index (χ4v) is 3.63. The van der Waals surface area contributed by atoms with Crippen molar-refractivity contribution >= 4 is 17.6 Å². The molecule has 30 heavy (non-hydrogen) atoms. The van der Waals surface area contributed by atoms with Crippen molar-refractivity contribution < 1.29 is 45.0 Å². The maximum Gasteiger partial charge on any atom is 0.165 e. The van der Waals surface area contributed by atoms with Crippen molar-refractivity contribution in [1.82, 2.24) is 0 Å². The summed E-state index contributed by atoms with van der Waals surface area (Å²) in [6.07, 6.45) is -3.07. The number of aliphatic hydroxyl groups excluding tert-OH is 5. The molecule has 1 aromatic rings. The number of allylic oxidation sites excluding steroid dienone is 2. The molecule has 0 saturated carbocycles. The number of hydrogen-bond donors (Lipinski definition) is 6. The Hall–Kier alpha value is -2.40. The van der Waals surface area contributed by atoms with Crippen molar-refractivity contribution in [2.45, 2.75) is 43.0 Å². The molecule has 0 aromatic heterocycles. The number of carbonyl (C=O) groups excluding carboxylic acids is 2. The van der Waals surface area contributed by atoms with E-state index >= 15 is 0 Å². The summed E-state index contributed by atoms with van der Waals surface area (Å²) < 4.78 is 5.54. The van der Waals surface area contributed by atoms with Crippen molar-refractivity contribution in [3.05, 3.63) is 47.6 Å². The van der Waals surface area contributed by atoms with Gasteiger partial charge in [0.05, 0.1) is 18.6 Å². The summed E-state index contributed by atoms with van der Waals surface area (Å²) in [4.78, 5) is 23.8. The van der Waals surface area contributed by atoms with Crippen LogP contribution in [0.4, 0.5) is 0 Å². The molecule has 0 bridgehead atoms. The summed E-state index contributed by atoms with van der Waals surface area (Å²) in [5.74, 6) is -1.74. The summed E-state index contributed by atoms with van der Waals surface area (Å²) in [5, 5.41) is 59.6. The van der Waals surface area contributed by atoms with Gasteiger partial charge in [-0.15, -0.1) is 0 Å². The lowest BCUT2D eigenvalue weighted by Gasteiger charge is -2.40. The van der Waals surface area contributed by atoms with Gasteiger partial charge >= 0.3 is 0 Å². The van der Waals surface area contributed by atoms with Gasteiger partial charge in [0, 0.05) is 6.42 Å². The van der Waals surface area contributed by atoms with Gasteiger partial charge in [-0.1, -0.05) is 18.2 Å². The maximum atomic E-state index is 12.5. The van der Waals surface area contributed by atoms with Gasteiger partial charge in [0.15, 0.2) is 11.6 Å². The molecule has 3 rings (SSSR count). The number of ether oxygens (including phenoxy) is 1. The van der Waals surface area contributed by atoms with Crippen LogP contribution >= 0.6 is 0 Å². The first kappa shape index (κ1) is 22.3. The second kappa shape index (κ2) is 9.17. The average molecular weight is 420 g/mol. The average Bonchev–Trinajstić information content (AvgIpc) is 2.71. The smallest absolute Gasteiger partial charge is 0.165 e. The maximum absolute atomic E-state index is 12.5. The van der Waals surface area contributed by atoms with E-state index < -0.39 is 54.9 Å². The summed E-state index contributed by atoms with van der Waals surface area (Å²) in [5.41, 5.74) is 0.599. The van der Waals surface area contributed by atoms with Crippen LogP contribution < -0.4 is 0 Å². The molecule has 2 aliphatic rings.